The van der Waals surface area contributed by atoms with Gasteiger partial charge in [0, 0.05) is 0 Å². The Kier molecular flexibility index (Phi) is 10.5. The second kappa shape index (κ2) is 9.86. The fourth-order valence-electron chi connectivity index (χ4n) is 0.385. The topological polar surface area (TPSA) is 185 Å². The second-order valence-corrected chi connectivity index (χ2v) is 4.71. The fourth-order valence-corrected chi connectivity index (χ4v) is 0.385. The van der Waals surface area contributed by atoms with Gasteiger partial charge in [-0.15, -0.1) is 9.66 Å². The van der Waals surface area contributed by atoms with Crippen molar-refractivity contribution < 1.29 is 25.9 Å². The molecule has 1 aromatic carbocycles. The van der Waals surface area contributed by atoms with Gasteiger partial charge < -0.3 is 0 Å². The molecule has 106 valence electrons. The molecule has 0 unspecified atom stereocenters. The van der Waals surface area contributed by atoms with E-state index in [2.05, 4.69) is 11.7 Å². The molecule has 0 spiro atoms. The van der Waals surface area contributed by atoms with E-state index >= 15 is 0 Å². The standard InChI is InChI=1S/C6H6.2H4N2O3S/c1-2-4-6-5-3-1;2*1-2-6(3,4)5/h1-6H;2*2H,1H2,(H,3,4,5). The van der Waals surface area contributed by atoms with E-state index in [1.54, 1.807) is 0 Å². The molecule has 0 aliphatic rings. The van der Waals surface area contributed by atoms with Crippen LogP contribution in [-0.4, -0.2) is 25.9 Å². The Bertz CT molecular complexity index is 429. The number of rotatable bonds is 2. The number of hydrogen-bond donors (Lipinski definition) is 6. The summed E-state index contributed by atoms with van der Waals surface area (Å²) in [6, 6.07) is 12.0. The first-order valence-corrected chi connectivity index (χ1v) is 6.90. The van der Waals surface area contributed by atoms with Crippen LogP contribution < -0.4 is 21.3 Å². The Hall–Kier alpha value is -1.12. The van der Waals surface area contributed by atoms with Crippen LogP contribution in [0.3, 0.4) is 0 Å². The number of nitrogens with one attached hydrogen (secondary N) is 2. The summed E-state index contributed by atoms with van der Waals surface area (Å²) < 4.78 is 52.4. The van der Waals surface area contributed by atoms with Crippen LogP contribution in [0.1, 0.15) is 0 Å². The molecule has 1 aromatic rings. The zero-order valence-electron chi connectivity index (χ0n) is 8.96. The Morgan fingerprint density at radius 1 is 0.667 bits per heavy atom. The first kappa shape index (κ1) is 19.2. The highest BCUT2D eigenvalue weighted by molar-refractivity contribution is 7.83. The average Bonchev–Trinajstić information content (AvgIpc) is 2.31. The average molecular weight is 302 g/mol. The highest BCUT2D eigenvalue weighted by atomic mass is 32.2. The molecule has 0 aromatic heterocycles. The van der Waals surface area contributed by atoms with Crippen LogP contribution in [0.2, 0.25) is 0 Å². The minimum Gasteiger partial charge on any atom is -0.273 e. The molecule has 12 heteroatoms. The SMILES string of the molecule is NNS(=O)(=O)O.NNS(=O)(=O)O.c1ccccc1. The van der Waals surface area contributed by atoms with E-state index in [0.717, 1.165) is 9.66 Å². The minimum absolute atomic E-state index is 1.13. The summed E-state index contributed by atoms with van der Waals surface area (Å²) in [5.74, 6) is 8.44. The van der Waals surface area contributed by atoms with Gasteiger partial charge in [0.2, 0.25) is 0 Å². The van der Waals surface area contributed by atoms with Gasteiger partial charge in [0.05, 0.1) is 0 Å². The van der Waals surface area contributed by atoms with E-state index in [-0.39, 0.29) is 0 Å². The van der Waals surface area contributed by atoms with Crippen molar-refractivity contribution in [2.45, 2.75) is 0 Å². The highest BCUT2D eigenvalue weighted by Crippen LogP contribution is 1.79. The van der Waals surface area contributed by atoms with Crippen molar-refractivity contribution in [3.63, 3.8) is 0 Å². The van der Waals surface area contributed by atoms with Gasteiger partial charge >= 0.3 is 20.6 Å². The van der Waals surface area contributed by atoms with E-state index < -0.39 is 20.6 Å². The molecule has 0 amide bonds. The highest BCUT2D eigenvalue weighted by Gasteiger charge is 1.92. The molecule has 0 fully saturated rings. The molecule has 1 rings (SSSR count). The first-order valence-electron chi connectivity index (χ1n) is 4.02. The van der Waals surface area contributed by atoms with Crippen molar-refractivity contribution in [1.82, 2.24) is 9.66 Å². The maximum Gasteiger partial charge on any atom is 0.346 e. The summed E-state index contributed by atoms with van der Waals surface area (Å²) in [5.41, 5.74) is 0. The summed E-state index contributed by atoms with van der Waals surface area (Å²) >= 11 is 0. The summed E-state index contributed by atoms with van der Waals surface area (Å²) in [6.45, 7) is 0. The third-order valence-corrected chi connectivity index (χ3v) is 1.56. The molecule has 0 atom stereocenters. The minimum atomic E-state index is -4.13. The van der Waals surface area contributed by atoms with E-state index in [0.29, 0.717) is 0 Å². The van der Waals surface area contributed by atoms with E-state index in [4.69, 9.17) is 9.11 Å². The molecule has 10 nitrogen and oxygen atoms in total. The monoisotopic (exact) mass is 302 g/mol. The van der Waals surface area contributed by atoms with Crippen LogP contribution in [0, 0.1) is 0 Å². The van der Waals surface area contributed by atoms with Crippen LogP contribution in [0.15, 0.2) is 36.4 Å². The summed E-state index contributed by atoms with van der Waals surface area (Å²) in [6.07, 6.45) is 0. The van der Waals surface area contributed by atoms with Gasteiger partial charge in [0.1, 0.15) is 0 Å². The predicted octanol–water partition coefficient (Wildman–Crippen LogP) is -1.81. The molecule has 0 saturated heterocycles. The van der Waals surface area contributed by atoms with Crippen molar-refractivity contribution in [3.8, 4) is 0 Å². The number of hydrogen-bond acceptors (Lipinski definition) is 6. The lowest BCUT2D eigenvalue weighted by atomic mass is 10.4. The van der Waals surface area contributed by atoms with Gasteiger partial charge in [-0.2, -0.15) is 16.8 Å². The van der Waals surface area contributed by atoms with Crippen LogP contribution in [0.5, 0.6) is 0 Å². The Labute approximate surface area is 105 Å². The third kappa shape index (κ3) is 24.2. The van der Waals surface area contributed by atoms with E-state index in [9.17, 15) is 16.8 Å². The quantitative estimate of drug-likeness (QED) is 0.209. The Morgan fingerprint density at radius 2 is 0.778 bits per heavy atom. The van der Waals surface area contributed by atoms with Crippen molar-refractivity contribution in [3.05, 3.63) is 36.4 Å². The van der Waals surface area contributed by atoms with Gasteiger partial charge in [-0.05, 0) is 0 Å². The number of nitrogens with two attached hydrogens (primary N) is 2. The molecule has 8 N–H and O–H groups in total. The predicted molar refractivity (Wildman–Crippen MR) is 64.2 cm³/mol. The maximum atomic E-state index is 9.32. The first-order chi connectivity index (χ1) is 8.12. The Balaban J connectivity index is 0. The van der Waals surface area contributed by atoms with Crippen LogP contribution in [0.4, 0.5) is 0 Å². The molecule has 18 heavy (non-hydrogen) atoms. The van der Waals surface area contributed by atoms with Crippen molar-refractivity contribution >= 4 is 20.6 Å². The van der Waals surface area contributed by atoms with Gasteiger partial charge in [-0.1, -0.05) is 36.4 Å². The molecule has 0 saturated carbocycles. The lowest BCUT2D eigenvalue weighted by Crippen LogP contribution is -2.29. The van der Waals surface area contributed by atoms with Crippen molar-refractivity contribution in [1.29, 1.82) is 0 Å². The van der Waals surface area contributed by atoms with Crippen molar-refractivity contribution in [2.24, 2.45) is 11.7 Å². The molecular formula is C6H14N4O6S2. The number of hydrazine groups is 2. The molecular weight excluding hydrogens is 288 g/mol. The van der Waals surface area contributed by atoms with E-state index in [1.165, 1.54) is 0 Å². The van der Waals surface area contributed by atoms with Gasteiger partial charge in [0.15, 0.2) is 0 Å². The molecule has 0 aliphatic heterocycles. The van der Waals surface area contributed by atoms with Crippen LogP contribution in [-0.2, 0) is 20.6 Å². The van der Waals surface area contributed by atoms with E-state index in [1.807, 2.05) is 36.4 Å². The van der Waals surface area contributed by atoms with Crippen molar-refractivity contribution in [2.75, 3.05) is 0 Å². The second-order valence-electron chi connectivity index (χ2n) is 2.34. The maximum absolute atomic E-state index is 9.32. The summed E-state index contributed by atoms with van der Waals surface area (Å²) in [5, 5.41) is 0. The molecule has 0 radical (unpaired) electrons. The van der Waals surface area contributed by atoms with Gasteiger partial charge in [-0.3, -0.25) is 20.8 Å². The van der Waals surface area contributed by atoms with Gasteiger partial charge in [-0.25, -0.2) is 0 Å². The largest absolute Gasteiger partial charge is 0.346 e. The lowest BCUT2D eigenvalue weighted by molar-refractivity contribution is 0.467. The lowest BCUT2D eigenvalue weighted by Gasteiger charge is -1.83. The van der Waals surface area contributed by atoms with Gasteiger partial charge in [0.25, 0.3) is 0 Å². The van der Waals surface area contributed by atoms with Crippen LogP contribution in [0.25, 0.3) is 0 Å². The number of benzene rings is 1. The summed E-state index contributed by atoms with van der Waals surface area (Å²) in [7, 11) is -8.27. The zero-order valence-corrected chi connectivity index (χ0v) is 10.6. The van der Waals surface area contributed by atoms with Crippen LogP contribution >= 0.6 is 0 Å². The summed E-state index contributed by atoms with van der Waals surface area (Å²) in [4.78, 5) is 2.26. The molecule has 0 aliphatic carbocycles. The Morgan fingerprint density at radius 3 is 0.833 bits per heavy atom. The third-order valence-electron chi connectivity index (χ3n) is 0.965. The zero-order chi connectivity index (χ0) is 14.7. The molecule has 0 heterocycles. The molecule has 0 bridgehead atoms. The normalized spacial score (nSPS) is 10.4. The fraction of sp³-hybridized carbons (Fsp3) is 0. The smallest absolute Gasteiger partial charge is 0.273 e.